The van der Waals surface area contributed by atoms with E-state index >= 15 is 0 Å². The highest BCUT2D eigenvalue weighted by Gasteiger charge is 2.30. The van der Waals surface area contributed by atoms with Gasteiger partial charge in [-0.25, -0.2) is 0 Å². The van der Waals surface area contributed by atoms with E-state index in [1.807, 2.05) is 42.5 Å². The molecule has 3 rings (SSSR count). The van der Waals surface area contributed by atoms with Crippen molar-refractivity contribution in [2.45, 2.75) is 38.8 Å². The monoisotopic (exact) mass is 546 g/mol. The lowest BCUT2D eigenvalue weighted by molar-refractivity contribution is -0.142. The number of amides is 2. The molecule has 5 nitrogen and oxygen atoms in total. The molecule has 0 radical (unpaired) electrons. The Morgan fingerprint density at radius 3 is 2.33 bits per heavy atom. The number of carbonyl (C=O) groups excluding carboxylic acids is 2. The Labute approximate surface area is 227 Å². The van der Waals surface area contributed by atoms with Crippen LogP contribution in [-0.2, 0) is 22.6 Å². The van der Waals surface area contributed by atoms with Gasteiger partial charge in [-0.3, -0.25) is 9.59 Å². The Hall–Kier alpha value is -2.73. The fourth-order valence-corrected chi connectivity index (χ4v) is 4.38. The molecular weight excluding hydrogens is 519 g/mol. The van der Waals surface area contributed by atoms with Crippen molar-refractivity contribution in [2.24, 2.45) is 0 Å². The van der Waals surface area contributed by atoms with E-state index in [-0.39, 0.29) is 25.0 Å². The molecule has 0 aliphatic carbocycles. The van der Waals surface area contributed by atoms with Gasteiger partial charge in [0.05, 0.1) is 5.02 Å². The first-order valence-corrected chi connectivity index (χ1v) is 12.9. The normalized spacial score (nSPS) is 11.6. The fourth-order valence-electron chi connectivity index (χ4n) is 3.71. The molecule has 0 aromatic heterocycles. The van der Waals surface area contributed by atoms with Crippen LogP contribution in [0.25, 0.3) is 0 Å². The summed E-state index contributed by atoms with van der Waals surface area (Å²) in [5, 5.41) is 4.31. The van der Waals surface area contributed by atoms with Crippen LogP contribution in [0.4, 0.5) is 0 Å². The molecule has 3 aromatic carbocycles. The number of rotatable bonds is 12. The first-order chi connectivity index (χ1) is 17.4. The second kappa shape index (κ2) is 14.1. The molecular formula is C28H29Cl3N2O3. The Kier molecular flexibility index (Phi) is 10.9. The zero-order valence-electron chi connectivity index (χ0n) is 20.1. The van der Waals surface area contributed by atoms with Gasteiger partial charge in [0.15, 0.2) is 6.61 Å². The number of hydrogen-bond acceptors (Lipinski definition) is 3. The molecule has 0 aliphatic rings. The van der Waals surface area contributed by atoms with Gasteiger partial charge in [0.25, 0.3) is 5.91 Å². The van der Waals surface area contributed by atoms with Crippen molar-refractivity contribution in [1.82, 2.24) is 10.2 Å². The van der Waals surface area contributed by atoms with Gasteiger partial charge in [-0.05, 0) is 47.9 Å². The molecule has 0 heterocycles. The molecule has 2 amide bonds. The number of benzene rings is 3. The second-order valence-electron chi connectivity index (χ2n) is 8.37. The average molecular weight is 548 g/mol. The lowest BCUT2D eigenvalue weighted by atomic mass is 10.0. The number of carbonyl (C=O) groups is 2. The van der Waals surface area contributed by atoms with Crippen LogP contribution in [-0.4, -0.2) is 35.9 Å². The largest absolute Gasteiger partial charge is 0.482 e. The molecule has 8 heteroatoms. The van der Waals surface area contributed by atoms with Crippen molar-refractivity contribution in [3.63, 3.8) is 0 Å². The van der Waals surface area contributed by atoms with E-state index < -0.39 is 6.04 Å². The van der Waals surface area contributed by atoms with Crippen LogP contribution in [0.3, 0.4) is 0 Å². The maximum atomic E-state index is 13.6. The predicted molar refractivity (Wildman–Crippen MR) is 146 cm³/mol. The summed E-state index contributed by atoms with van der Waals surface area (Å²) in [5.74, 6) is -0.232. The predicted octanol–water partition coefficient (Wildman–Crippen LogP) is 6.58. The van der Waals surface area contributed by atoms with Gasteiger partial charge < -0.3 is 15.0 Å². The summed E-state index contributed by atoms with van der Waals surface area (Å²) in [5.41, 5.74) is 1.75. The van der Waals surface area contributed by atoms with Gasteiger partial charge in [0.2, 0.25) is 5.91 Å². The molecule has 0 aliphatic heterocycles. The average Bonchev–Trinajstić information content (AvgIpc) is 2.86. The molecule has 0 bridgehead atoms. The topological polar surface area (TPSA) is 58.6 Å². The number of nitrogens with one attached hydrogen (secondary N) is 1. The standard InChI is InChI=1S/C28H29Cl3N2O3/c1-2-3-14-32-28(35)25(16-20-8-5-4-6-9-20)33(18-21-10-7-11-22(29)15-21)27(34)19-36-26-13-12-23(30)17-24(26)31/h4-13,15,17,25H,2-3,14,16,18-19H2,1H3,(H,32,35). The smallest absolute Gasteiger partial charge is 0.261 e. The highest BCUT2D eigenvalue weighted by molar-refractivity contribution is 6.35. The second-order valence-corrected chi connectivity index (χ2v) is 9.65. The fraction of sp³-hybridized carbons (Fsp3) is 0.286. The third-order valence-corrected chi connectivity index (χ3v) is 6.35. The summed E-state index contributed by atoms with van der Waals surface area (Å²) in [4.78, 5) is 28.5. The van der Waals surface area contributed by atoms with E-state index in [1.54, 1.807) is 35.2 Å². The van der Waals surface area contributed by atoms with Crippen molar-refractivity contribution in [2.75, 3.05) is 13.2 Å². The van der Waals surface area contributed by atoms with Crippen LogP contribution >= 0.6 is 34.8 Å². The summed E-state index contributed by atoms with van der Waals surface area (Å²) in [6.45, 7) is 2.49. The van der Waals surface area contributed by atoms with Crippen molar-refractivity contribution in [3.8, 4) is 5.75 Å². The molecule has 1 unspecified atom stereocenters. The number of halogens is 3. The quantitative estimate of drug-likeness (QED) is 0.261. The molecule has 190 valence electrons. The highest BCUT2D eigenvalue weighted by Crippen LogP contribution is 2.27. The summed E-state index contributed by atoms with van der Waals surface area (Å²) < 4.78 is 5.74. The Morgan fingerprint density at radius 2 is 1.64 bits per heavy atom. The van der Waals surface area contributed by atoms with E-state index in [4.69, 9.17) is 39.5 Å². The summed E-state index contributed by atoms with van der Waals surface area (Å²) in [6.07, 6.45) is 2.15. The maximum absolute atomic E-state index is 13.6. The van der Waals surface area contributed by atoms with Gasteiger partial charge in [-0.2, -0.15) is 0 Å². The molecule has 1 N–H and O–H groups in total. The molecule has 0 saturated heterocycles. The van der Waals surface area contributed by atoms with Gasteiger partial charge in [-0.15, -0.1) is 0 Å². The Morgan fingerprint density at radius 1 is 0.917 bits per heavy atom. The van der Waals surface area contributed by atoms with Crippen molar-refractivity contribution in [1.29, 1.82) is 0 Å². The molecule has 0 spiro atoms. The first-order valence-electron chi connectivity index (χ1n) is 11.8. The van der Waals surface area contributed by atoms with Gasteiger partial charge in [-0.1, -0.05) is 90.6 Å². The van der Waals surface area contributed by atoms with E-state index in [0.29, 0.717) is 33.8 Å². The zero-order valence-corrected chi connectivity index (χ0v) is 22.3. The van der Waals surface area contributed by atoms with E-state index in [9.17, 15) is 9.59 Å². The molecule has 1 atom stereocenters. The maximum Gasteiger partial charge on any atom is 0.261 e. The number of ether oxygens (including phenoxy) is 1. The van der Waals surface area contributed by atoms with Gasteiger partial charge in [0.1, 0.15) is 11.8 Å². The molecule has 3 aromatic rings. The summed E-state index contributed by atoms with van der Waals surface area (Å²) in [7, 11) is 0. The zero-order chi connectivity index (χ0) is 25.9. The minimum absolute atomic E-state index is 0.190. The van der Waals surface area contributed by atoms with Gasteiger partial charge >= 0.3 is 0 Å². The van der Waals surface area contributed by atoms with E-state index in [2.05, 4.69) is 12.2 Å². The molecule has 36 heavy (non-hydrogen) atoms. The Bertz CT molecular complexity index is 1160. The number of unbranched alkanes of at least 4 members (excludes halogenated alkanes) is 1. The van der Waals surface area contributed by atoms with Crippen LogP contribution in [0.15, 0.2) is 72.8 Å². The minimum Gasteiger partial charge on any atom is -0.482 e. The van der Waals surface area contributed by atoms with Crippen LogP contribution < -0.4 is 10.1 Å². The van der Waals surface area contributed by atoms with Crippen molar-refractivity contribution >= 4 is 46.6 Å². The lowest BCUT2D eigenvalue weighted by Crippen LogP contribution is -2.51. The van der Waals surface area contributed by atoms with Gasteiger partial charge in [0, 0.05) is 29.6 Å². The SMILES string of the molecule is CCCCNC(=O)C(Cc1ccccc1)N(Cc1cccc(Cl)c1)C(=O)COc1ccc(Cl)cc1Cl. The minimum atomic E-state index is -0.750. The summed E-state index contributed by atoms with van der Waals surface area (Å²) >= 11 is 18.4. The van der Waals surface area contributed by atoms with Crippen LogP contribution in [0.2, 0.25) is 15.1 Å². The number of nitrogens with zero attached hydrogens (tertiary/aromatic N) is 1. The van der Waals surface area contributed by atoms with Crippen molar-refractivity contribution in [3.05, 3.63) is 99.0 Å². The van der Waals surface area contributed by atoms with E-state index in [1.165, 1.54) is 0 Å². The van der Waals surface area contributed by atoms with Crippen LogP contribution in [0.1, 0.15) is 30.9 Å². The highest BCUT2D eigenvalue weighted by atomic mass is 35.5. The van der Waals surface area contributed by atoms with Crippen molar-refractivity contribution < 1.29 is 14.3 Å². The molecule has 0 fully saturated rings. The van der Waals surface area contributed by atoms with Crippen LogP contribution in [0.5, 0.6) is 5.75 Å². The third-order valence-electron chi connectivity index (χ3n) is 5.59. The lowest BCUT2D eigenvalue weighted by Gasteiger charge is -2.31. The van der Waals surface area contributed by atoms with Crippen LogP contribution in [0, 0.1) is 0 Å². The molecule has 0 saturated carbocycles. The Balaban J connectivity index is 1.89. The van der Waals surface area contributed by atoms with E-state index in [0.717, 1.165) is 24.0 Å². The first kappa shape index (κ1) is 27.9. The third kappa shape index (κ3) is 8.44. The summed E-state index contributed by atoms with van der Waals surface area (Å²) in [6, 6.07) is 20.9. The number of hydrogen-bond donors (Lipinski definition) is 1.